The van der Waals surface area contributed by atoms with E-state index in [0.29, 0.717) is 6.04 Å². The van der Waals surface area contributed by atoms with Gasteiger partial charge in [0.1, 0.15) is 0 Å². The number of unbranched alkanes of at least 4 members (excludes halogenated alkanes) is 1. The van der Waals surface area contributed by atoms with Crippen LogP contribution in [0, 0.1) is 0 Å². The molecule has 4 heteroatoms. The first-order chi connectivity index (χ1) is 10.1. The number of nitrogens with zero attached hydrogens (tertiary/aromatic N) is 2. The predicted octanol–water partition coefficient (Wildman–Crippen LogP) is 3.32. The van der Waals surface area contributed by atoms with Crippen LogP contribution in [0.1, 0.15) is 64.4 Å². The minimum atomic E-state index is 0.500. The van der Waals surface area contributed by atoms with E-state index < -0.39 is 0 Å². The summed E-state index contributed by atoms with van der Waals surface area (Å²) in [5.74, 6) is 0. The van der Waals surface area contributed by atoms with Gasteiger partial charge in [-0.15, -0.1) is 0 Å². The molecule has 0 aliphatic heterocycles. The van der Waals surface area contributed by atoms with Crippen molar-refractivity contribution in [3.05, 3.63) is 17.0 Å². The summed E-state index contributed by atoms with van der Waals surface area (Å²) in [6, 6.07) is 0.500. The van der Waals surface area contributed by atoms with Gasteiger partial charge in [-0.2, -0.15) is 5.10 Å². The molecule has 0 spiro atoms. The van der Waals surface area contributed by atoms with Crippen LogP contribution in [0.15, 0.2) is 0 Å². The molecule has 0 fully saturated rings. The molecular formula is C17H33N3O. The van der Waals surface area contributed by atoms with E-state index >= 15 is 0 Å². The number of aromatic nitrogens is 2. The molecule has 0 bridgehead atoms. The molecule has 0 atom stereocenters. The van der Waals surface area contributed by atoms with Gasteiger partial charge in [-0.3, -0.25) is 4.68 Å². The van der Waals surface area contributed by atoms with Crippen molar-refractivity contribution < 1.29 is 4.74 Å². The molecule has 0 unspecified atom stereocenters. The van der Waals surface area contributed by atoms with E-state index in [1.807, 2.05) is 0 Å². The minimum absolute atomic E-state index is 0.500. The number of hydrogen-bond donors (Lipinski definition) is 1. The third-order valence-corrected chi connectivity index (χ3v) is 3.70. The molecule has 1 heterocycles. The van der Waals surface area contributed by atoms with Crippen LogP contribution in [0.5, 0.6) is 0 Å². The second-order valence-electron chi connectivity index (χ2n) is 5.80. The highest BCUT2D eigenvalue weighted by atomic mass is 16.5. The summed E-state index contributed by atoms with van der Waals surface area (Å²) < 4.78 is 7.84. The van der Waals surface area contributed by atoms with Crippen LogP contribution < -0.4 is 5.32 Å². The molecule has 1 aromatic heterocycles. The molecule has 0 aromatic carbocycles. The SMILES string of the molecule is CCCCOCCn1nc(CC)c(CNC(C)C)c1CC. The van der Waals surface area contributed by atoms with Crippen LogP contribution in [0.25, 0.3) is 0 Å². The van der Waals surface area contributed by atoms with Crippen molar-refractivity contribution in [3.63, 3.8) is 0 Å². The molecule has 4 nitrogen and oxygen atoms in total. The van der Waals surface area contributed by atoms with E-state index in [0.717, 1.165) is 45.6 Å². The van der Waals surface area contributed by atoms with Gasteiger partial charge in [0.15, 0.2) is 0 Å². The van der Waals surface area contributed by atoms with Gasteiger partial charge in [0.05, 0.1) is 18.8 Å². The summed E-state index contributed by atoms with van der Waals surface area (Å²) in [6.07, 6.45) is 4.35. The monoisotopic (exact) mass is 295 g/mol. The molecule has 122 valence electrons. The Balaban J connectivity index is 2.70. The van der Waals surface area contributed by atoms with Gasteiger partial charge in [-0.25, -0.2) is 0 Å². The first-order valence-electron chi connectivity index (χ1n) is 8.52. The van der Waals surface area contributed by atoms with Crippen LogP contribution in [-0.2, 0) is 30.7 Å². The van der Waals surface area contributed by atoms with E-state index in [1.54, 1.807) is 0 Å². The van der Waals surface area contributed by atoms with Gasteiger partial charge in [-0.1, -0.05) is 41.0 Å². The average Bonchev–Trinajstić information content (AvgIpc) is 2.81. The van der Waals surface area contributed by atoms with Gasteiger partial charge in [-0.05, 0) is 19.3 Å². The maximum absolute atomic E-state index is 5.68. The summed E-state index contributed by atoms with van der Waals surface area (Å²) in [5, 5.41) is 8.32. The molecule has 1 aromatic rings. The number of aryl methyl sites for hydroxylation is 1. The molecule has 0 amide bonds. The van der Waals surface area contributed by atoms with Gasteiger partial charge in [0.25, 0.3) is 0 Å². The topological polar surface area (TPSA) is 39.1 Å². The fourth-order valence-corrected chi connectivity index (χ4v) is 2.46. The Morgan fingerprint density at radius 3 is 2.48 bits per heavy atom. The van der Waals surface area contributed by atoms with E-state index in [2.05, 4.69) is 44.6 Å². The van der Waals surface area contributed by atoms with Crippen LogP contribution in [-0.4, -0.2) is 29.0 Å². The Kier molecular flexibility index (Phi) is 8.62. The fourth-order valence-electron chi connectivity index (χ4n) is 2.46. The quantitative estimate of drug-likeness (QED) is 0.637. The van der Waals surface area contributed by atoms with Crippen molar-refractivity contribution in [1.29, 1.82) is 0 Å². The van der Waals surface area contributed by atoms with Gasteiger partial charge >= 0.3 is 0 Å². The molecule has 0 saturated heterocycles. The minimum Gasteiger partial charge on any atom is -0.380 e. The van der Waals surface area contributed by atoms with E-state index in [9.17, 15) is 0 Å². The molecule has 1 N–H and O–H groups in total. The lowest BCUT2D eigenvalue weighted by Crippen LogP contribution is -2.23. The summed E-state index contributed by atoms with van der Waals surface area (Å²) in [4.78, 5) is 0. The Morgan fingerprint density at radius 2 is 1.90 bits per heavy atom. The molecule has 0 aliphatic carbocycles. The summed E-state index contributed by atoms with van der Waals surface area (Å²) in [6.45, 7) is 14.4. The van der Waals surface area contributed by atoms with Gasteiger partial charge < -0.3 is 10.1 Å². The van der Waals surface area contributed by atoms with E-state index in [1.165, 1.54) is 23.4 Å². The van der Waals surface area contributed by atoms with Crippen LogP contribution in [0.4, 0.5) is 0 Å². The molecule has 21 heavy (non-hydrogen) atoms. The molecule has 0 radical (unpaired) electrons. The zero-order valence-electron chi connectivity index (χ0n) is 14.5. The lowest BCUT2D eigenvalue weighted by molar-refractivity contribution is 0.120. The molecule has 0 saturated carbocycles. The van der Waals surface area contributed by atoms with Gasteiger partial charge in [0, 0.05) is 30.5 Å². The van der Waals surface area contributed by atoms with Crippen molar-refractivity contribution in [3.8, 4) is 0 Å². The standard InChI is InChI=1S/C17H33N3O/c1-6-9-11-21-12-10-20-17(8-3)15(13-18-14(4)5)16(7-2)19-20/h14,18H,6-13H2,1-5H3. The van der Waals surface area contributed by atoms with E-state index in [4.69, 9.17) is 9.84 Å². The highest BCUT2D eigenvalue weighted by Crippen LogP contribution is 2.16. The summed E-state index contributed by atoms with van der Waals surface area (Å²) in [5.41, 5.74) is 3.98. The fraction of sp³-hybridized carbons (Fsp3) is 0.824. The highest BCUT2D eigenvalue weighted by Gasteiger charge is 2.15. The first-order valence-corrected chi connectivity index (χ1v) is 8.52. The normalized spacial score (nSPS) is 11.5. The smallest absolute Gasteiger partial charge is 0.0669 e. The second-order valence-corrected chi connectivity index (χ2v) is 5.80. The molecule has 1 rings (SSSR count). The third kappa shape index (κ3) is 5.79. The lowest BCUT2D eigenvalue weighted by atomic mass is 10.1. The van der Waals surface area contributed by atoms with Crippen molar-refractivity contribution in [2.75, 3.05) is 13.2 Å². The molecular weight excluding hydrogens is 262 g/mol. The van der Waals surface area contributed by atoms with Crippen molar-refractivity contribution in [2.45, 2.75) is 79.4 Å². The zero-order chi connectivity index (χ0) is 15.7. The summed E-state index contributed by atoms with van der Waals surface area (Å²) in [7, 11) is 0. The second kappa shape index (κ2) is 9.96. The Hall–Kier alpha value is -0.870. The predicted molar refractivity (Wildman–Crippen MR) is 88.7 cm³/mol. The first kappa shape index (κ1) is 18.2. The number of rotatable bonds is 11. The maximum atomic E-state index is 5.68. The average molecular weight is 295 g/mol. The van der Waals surface area contributed by atoms with Crippen LogP contribution in [0.2, 0.25) is 0 Å². The van der Waals surface area contributed by atoms with Crippen molar-refractivity contribution in [1.82, 2.24) is 15.1 Å². The van der Waals surface area contributed by atoms with Crippen LogP contribution in [0.3, 0.4) is 0 Å². The lowest BCUT2D eigenvalue weighted by Gasteiger charge is -2.11. The number of ether oxygens (including phenoxy) is 1. The zero-order valence-corrected chi connectivity index (χ0v) is 14.5. The van der Waals surface area contributed by atoms with Crippen LogP contribution >= 0.6 is 0 Å². The Morgan fingerprint density at radius 1 is 1.14 bits per heavy atom. The third-order valence-electron chi connectivity index (χ3n) is 3.70. The van der Waals surface area contributed by atoms with E-state index in [-0.39, 0.29) is 0 Å². The Bertz CT molecular complexity index is 399. The largest absolute Gasteiger partial charge is 0.380 e. The van der Waals surface area contributed by atoms with Crippen molar-refractivity contribution >= 4 is 0 Å². The van der Waals surface area contributed by atoms with Crippen molar-refractivity contribution in [2.24, 2.45) is 0 Å². The maximum Gasteiger partial charge on any atom is 0.0669 e. The van der Waals surface area contributed by atoms with Gasteiger partial charge in [0.2, 0.25) is 0 Å². The number of hydrogen-bond acceptors (Lipinski definition) is 3. The Labute approximate surface area is 130 Å². The molecule has 0 aliphatic rings. The number of nitrogens with one attached hydrogen (secondary N) is 1. The highest BCUT2D eigenvalue weighted by molar-refractivity contribution is 5.26. The summed E-state index contributed by atoms with van der Waals surface area (Å²) >= 11 is 0.